The Labute approximate surface area is 152 Å². The number of ether oxygens (including phenoxy) is 3. The molecule has 2 spiro atoms. The van der Waals surface area contributed by atoms with Gasteiger partial charge < -0.3 is 14.2 Å². The number of hydrogen-bond donors (Lipinski definition) is 0. The summed E-state index contributed by atoms with van der Waals surface area (Å²) >= 11 is 4.20. The molecule has 0 N–H and O–H groups in total. The van der Waals surface area contributed by atoms with E-state index in [1.54, 1.807) is 0 Å². The molecule has 0 aromatic carbocycles. The smallest absolute Gasteiger partial charge is 0.430 e. The molecule has 0 radical (unpaired) electrons. The third-order valence-corrected chi connectivity index (χ3v) is 10.4. The van der Waals surface area contributed by atoms with Crippen LogP contribution in [-0.4, -0.2) is 45.7 Å². The van der Waals surface area contributed by atoms with E-state index in [1.807, 2.05) is 0 Å². The lowest BCUT2D eigenvalue weighted by Crippen LogP contribution is -2.68. The van der Waals surface area contributed by atoms with Crippen molar-refractivity contribution in [2.24, 2.45) is 11.3 Å². The molecule has 5 fully saturated rings. The van der Waals surface area contributed by atoms with Gasteiger partial charge in [-0.1, -0.05) is 13.8 Å². The molecule has 6 atom stereocenters. The van der Waals surface area contributed by atoms with Crippen LogP contribution in [0.1, 0.15) is 52.4 Å². The Morgan fingerprint density at radius 2 is 1.96 bits per heavy atom. The third-order valence-electron chi connectivity index (χ3n) is 7.39. The molecular weight excluding hydrogens is 344 g/mol. The van der Waals surface area contributed by atoms with Crippen LogP contribution in [0.2, 0.25) is 0 Å². The lowest BCUT2D eigenvalue weighted by molar-refractivity contribution is -0.246. The first-order valence-electron chi connectivity index (χ1n) is 9.23. The molecule has 4 bridgehead atoms. The molecule has 134 valence electrons. The van der Waals surface area contributed by atoms with Crippen LogP contribution in [-0.2, 0) is 14.2 Å². The number of fused-ring (bicyclic) bond motifs is 2. The van der Waals surface area contributed by atoms with Crippen molar-refractivity contribution in [2.45, 2.75) is 73.8 Å². The molecule has 3 heterocycles. The highest BCUT2D eigenvalue weighted by Gasteiger charge is 2.76. The topological polar surface area (TPSA) is 44.8 Å². The zero-order valence-corrected chi connectivity index (χ0v) is 16.1. The molecule has 0 aromatic rings. The van der Waals surface area contributed by atoms with E-state index in [0.29, 0.717) is 17.3 Å². The maximum atomic E-state index is 11.8. The van der Waals surface area contributed by atoms with Crippen LogP contribution < -0.4 is 0 Å². The van der Waals surface area contributed by atoms with Gasteiger partial charge in [0.2, 0.25) is 0 Å². The predicted molar refractivity (Wildman–Crippen MR) is 95.4 cm³/mol. The molecule has 3 saturated heterocycles. The van der Waals surface area contributed by atoms with Gasteiger partial charge in [-0.05, 0) is 43.6 Å². The molecule has 5 rings (SSSR count). The van der Waals surface area contributed by atoms with E-state index in [1.165, 1.54) is 30.8 Å². The average Bonchev–Trinajstić information content (AvgIpc) is 2.98. The summed E-state index contributed by atoms with van der Waals surface area (Å²) in [5, 5.41) is 0. The van der Waals surface area contributed by atoms with Crippen molar-refractivity contribution in [3.63, 3.8) is 0 Å². The molecule has 0 aromatic heterocycles. The van der Waals surface area contributed by atoms with Crippen molar-refractivity contribution in [2.75, 3.05) is 18.1 Å². The summed E-state index contributed by atoms with van der Waals surface area (Å²) in [6.45, 7) is 5.15. The first-order chi connectivity index (χ1) is 11.4. The molecule has 0 unspecified atom stereocenters. The highest BCUT2D eigenvalue weighted by Crippen LogP contribution is 2.70. The number of thioether (sulfide) groups is 2. The minimum absolute atomic E-state index is 0.00974. The van der Waals surface area contributed by atoms with Gasteiger partial charge in [-0.15, -0.1) is 11.8 Å². The van der Waals surface area contributed by atoms with E-state index in [9.17, 15) is 4.79 Å². The average molecular weight is 371 g/mol. The standard InChI is InChI=1S/C18H26O4S2/c1-15-6-4-12-16(2)7-5-13(17(16)11-20-14(19)22-17)21-18(12,10-15)24-9-3-8-23-15/h12-13H,3-11H2,1-2H3/t12-,13+,15-,16+,17-,18-/m0/s1. The molecule has 2 aliphatic carbocycles. The largest absolute Gasteiger partial charge is 0.509 e. The number of carbonyl (C=O) groups is 1. The Morgan fingerprint density at radius 1 is 1.12 bits per heavy atom. The predicted octanol–water partition coefficient (Wildman–Crippen LogP) is 4.22. The van der Waals surface area contributed by atoms with Crippen LogP contribution >= 0.6 is 23.5 Å². The fourth-order valence-corrected chi connectivity index (χ4v) is 9.64. The Hall–Kier alpha value is -0.0700. The summed E-state index contributed by atoms with van der Waals surface area (Å²) in [4.78, 5) is 11.7. The third kappa shape index (κ3) is 1.91. The van der Waals surface area contributed by atoms with Gasteiger partial charge in [0.15, 0.2) is 5.60 Å². The monoisotopic (exact) mass is 370 g/mol. The molecule has 3 aliphatic heterocycles. The summed E-state index contributed by atoms with van der Waals surface area (Å²) in [5.74, 6) is 2.88. The van der Waals surface area contributed by atoms with E-state index < -0.39 is 11.8 Å². The lowest BCUT2D eigenvalue weighted by Gasteiger charge is -2.62. The molecule has 0 amide bonds. The van der Waals surface area contributed by atoms with Gasteiger partial charge in [0, 0.05) is 22.5 Å². The maximum Gasteiger partial charge on any atom is 0.509 e. The van der Waals surface area contributed by atoms with E-state index in [2.05, 4.69) is 37.4 Å². The quantitative estimate of drug-likeness (QED) is 0.595. The first-order valence-corrected chi connectivity index (χ1v) is 11.2. The number of hydrogen-bond acceptors (Lipinski definition) is 6. The Balaban J connectivity index is 1.58. The van der Waals surface area contributed by atoms with Crippen molar-refractivity contribution in [1.82, 2.24) is 0 Å². The second-order valence-electron chi connectivity index (χ2n) is 8.67. The van der Waals surface area contributed by atoms with Crippen molar-refractivity contribution in [3.05, 3.63) is 0 Å². The normalized spacial score (nSPS) is 56.2. The second kappa shape index (κ2) is 5.01. The zero-order chi connectivity index (χ0) is 16.6. The fourth-order valence-electron chi connectivity index (χ4n) is 6.18. The maximum absolute atomic E-state index is 11.8. The Bertz CT molecular complexity index is 585. The fraction of sp³-hybridized carbons (Fsp3) is 0.944. The van der Waals surface area contributed by atoms with Crippen LogP contribution in [0.15, 0.2) is 0 Å². The van der Waals surface area contributed by atoms with Gasteiger partial charge >= 0.3 is 6.16 Å². The van der Waals surface area contributed by atoms with Gasteiger partial charge in [-0.2, -0.15) is 11.8 Å². The number of carbonyl (C=O) groups excluding carboxylic acids is 1. The van der Waals surface area contributed by atoms with Gasteiger partial charge in [-0.3, -0.25) is 0 Å². The molecule has 6 heteroatoms. The van der Waals surface area contributed by atoms with Gasteiger partial charge in [0.05, 0.1) is 0 Å². The van der Waals surface area contributed by atoms with Crippen LogP contribution in [0.4, 0.5) is 4.79 Å². The lowest BCUT2D eigenvalue weighted by atomic mass is 9.58. The SMILES string of the molecule is C[C@]12CC[C@@H]3[C@@](C1)(O[C@@H]1CC[C@@]3(C)[C@]13COC(=O)O3)SCCCS2. The van der Waals surface area contributed by atoms with Crippen LogP contribution in [0.5, 0.6) is 0 Å². The Kier molecular flexibility index (Phi) is 3.36. The van der Waals surface area contributed by atoms with Gasteiger partial charge in [0.25, 0.3) is 0 Å². The number of rotatable bonds is 0. The second-order valence-corrected chi connectivity index (χ2v) is 11.7. The highest BCUT2D eigenvalue weighted by atomic mass is 32.2. The van der Waals surface area contributed by atoms with Gasteiger partial charge in [0.1, 0.15) is 17.6 Å². The van der Waals surface area contributed by atoms with Crippen molar-refractivity contribution >= 4 is 29.7 Å². The van der Waals surface area contributed by atoms with Gasteiger partial charge in [-0.25, -0.2) is 4.79 Å². The molecule has 2 saturated carbocycles. The minimum atomic E-state index is -0.552. The summed E-state index contributed by atoms with van der Waals surface area (Å²) in [7, 11) is 0. The Morgan fingerprint density at radius 3 is 2.75 bits per heavy atom. The molecular formula is C18H26O4S2. The molecule has 24 heavy (non-hydrogen) atoms. The summed E-state index contributed by atoms with van der Waals surface area (Å²) in [6.07, 6.45) is 6.32. The highest BCUT2D eigenvalue weighted by molar-refractivity contribution is 8.02. The van der Waals surface area contributed by atoms with Crippen LogP contribution in [0.25, 0.3) is 0 Å². The number of cyclic esters (lactones) is 1. The van der Waals surface area contributed by atoms with Crippen molar-refractivity contribution in [3.8, 4) is 0 Å². The van der Waals surface area contributed by atoms with E-state index in [-0.39, 0.29) is 16.5 Å². The van der Waals surface area contributed by atoms with Crippen LogP contribution in [0.3, 0.4) is 0 Å². The van der Waals surface area contributed by atoms with Crippen LogP contribution in [0, 0.1) is 11.3 Å². The summed E-state index contributed by atoms with van der Waals surface area (Å²) in [5.41, 5.74) is -0.579. The molecule has 4 nitrogen and oxygen atoms in total. The minimum Gasteiger partial charge on any atom is -0.430 e. The summed E-state index contributed by atoms with van der Waals surface area (Å²) < 4.78 is 18.3. The summed E-state index contributed by atoms with van der Waals surface area (Å²) in [6, 6.07) is 0. The van der Waals surface area contributed by atoms with E-state index >= 15 is 0 Å². The van der Waals surface area contributed by atoms with Crippen molar-refractivity contribution in [1.29, 1.82) is 0 Å². The first kappa shape index (κ1) is 16.1. The molecule has 5 aliphatic rings. The van der Waals surface area contributed by atoms with E-state index in [0.717, 1.165) is 19.3 Å². The van der Waals surface area contributed by atoms with Crippen molar-refractivity contribution < 1.29 is 19.0 Å². The zero-order valence-electron chi connectivity index (χ0n) is 14.5. The van der Waals surface area contributed by atoms with E-state index in [4.69, 9.17) is 14.2 Å².